The van der Waals surface area contributed by atoms with Crippen molar-refractivity contribution in [2.24, 2.45) is 5.73 Å². The fourth-order valence-corrected chi connectivity index (χ4v) is 2.33. The average molecular weight is 245 g/mol. The van der Waals surface area contributed by atoms with Crippen molar-refractivity contribution in [3.05, 3.63) is 29.3 Å². The standard InChI is InChI=1S/C12H14F3NO/c1-17-9-4-5-10-8(7-9)3-2-6-11(10,16)12(13,14)15/h4-5,7H,2-3,6,16H2,1H3. The molecule has 1 unspecified atom stereocenters. The summed E-state index contributed by atoms with van der Waals surface area (Å²) < 4.78 is 44.1. The number of benzene rings is 1. The second kappa shape index (κ2) is 3.91. The molecule has 0 heterocycles. The predicted octanol–water partition coefficient (Wildman–Crippen LogP) is 2.75. The van der Waals surface area contributed by atoms with Gasteiger partial charge in [0.25, 0.3) is 0 Å². The van der Waals surface area contributed by atoms with Crippen LogP contribution in [0, 0.1) is 0 Å². The van der Waals surface area contributed by atoms with Gasteiger partial charge >= 0.3 is 6.18 Å². The molecule has 0 fully saturated rings. The second-order valence-corrected chi connectivity index (χ2v) is 4.35. The van der Waals surface area contributed by atoms with Gasteiger partial charge in [-0.3, -0.25) is 0 Å². The Morgan fingerprint density at radius 3 is 2.65 bits per heavy atom. The Bertz CT molecular complexity index is 430. The van der Waals surface area contributed by atoms with Crippen molar-refractivity contribution in [2.75, 3.05) is 7.11 Å². The number of fused-ring (bicyclic) bond motifs is 1. The number of methoxy groups -OCH3 is 1. The molecule has 2 N–H and O–H groups in total. The predicted molar refractivity (Wildman–Crippen MR) is 57.9 cm³/mol. The SMILES string of the molecule is COc1ccc2c(c1)CCCC2(N)C(F)(F)F. The lowest BCUT2D eigenvalue weighted by molar-refractivity contribution is -0.193. The molecule has 0 aliphatic heterocycles. The highest BCUT2D eigenvalue weighted by molar-refractivity contribution is 5.42. The lowest BCUT2D eigenvalue weighted by Gasteiger charge is -2.37. The van der Waals surface area contributed by atoms with Crippen LogP contribution in [0.25, 0.3) is 0 Å². The van der Waals surface area contributed by atoms with Crippen molar-refractivity contribution in [2.45, 2.75) is 31.0 Å². The normalized spacial score (nSPS) is 24.3. The molecule has 0 spiro atoms. The third-order valence-electron chi connectivity index (χ3n) is 3.32. The van der Waals surface area contributed by atoms with Crippen LogP contribution < -0.4 is 10.5 Å². The first-order chi connectivity index (χ1) is 7.88. The molecule has 0 saturated carbocycles. The van der Waals surface area contributed by atoms with Gasteiger partial charge in [0.15, 0.2) is 0 Å². The van der Waals surface area contributed by atoms with Gasteiger partial charge in [0.2, 0.25) is 0 Å². The van der Waals surface area contributed by atoms with Crippen LogP contribution in [-0.4, -0.2) is 13.3 Å². The van der Waals surface area contributed by atoms with E-state index in [4.69, 9.17) is 10.5 Å². The maximum Gasteiger partial charge on any atom is 0.410 e. The third-order valence-corrected chi connectivity index (χ3v) is 3.32. The van der Waals surface area contributed by atoms with E-state index < -0.39 is 11.7 Å². The summed E-state index contributed by atoms with van der Waals surface area (Å²) in [5.41, 5.74) is 4.17. The Morgan fingerprint density at radius 2 is 2.06 bits per heavy atom. The molecule has 0 amide bonds. The van der Waals surface area contributed by atoms with Crippen molar-refractivity contribution in [3.8, 4) is 5.75 Å². The van der Waals surface area contributed by atoms with Crippen molar-refractivity contribution in [1.29, 1.82) is 0 Å². The first-order valence-electron chi connectivity index (χ1n) is 5.41. The van der Waals surface area contributed by atoms with Gasteiger partial charge in [-0.15, -0.1) is 0 Å². The van der Waals surface area contributed by atoms with Crippen LogP contribution in [0.2, 0.25) is 0 Å². The molecule has 0 aromatic heterocycles. The molecule has 1 aliphatic carbocycles. The van der Waals surface area contributed by atoms with Gasteiger partial charge in [-0.25, -0.2) is 0 Å². The molecule has 0 bridgehead atoms. The Kier molecular flexibility index (Phi) is 2.81. The number of alkyl halides is 3. The number of nitrogens with two attached hydrogens (primary N) is 1. The third kappa shape index (κ3) is 1.88. The number of hydrogen-bond acceptors (Lipinski definition) is 2. The largest absolute Gasteiger partial charge is 0.497 e. The Morgan fingerprint density at radius 1 is 1.35 bits per heavy atom. The molecule has 2 nitrogen and oxygen atoms in total. The molecule has 2 rings (SSSR count). The van der Waals surface area contributed by atoms with E-state index in [1.54, 1.807) is 6.07 Å². The van der Waals surface area contributed by atoms with Crippen LogP contribution in [0.5, 0.6) is 5.75 Å². The first-order valence-corrected chi connectivity index (χ1v) is 5.41. The van der Waals surface area contributed by atoms with Crippen LogP contribution in [0.4, 0.5) is 13.2 Å². The summed E-state index contributed by atoms with van der Waals surface area (Å²) in [5.74, 6) is 0.565. The zero-order valence-electron chi connectivity index (χ0n) is 9.47. The van der Waals surface area contributed by atoms with Gasteiger partial charge in [-0.2, -0.15) is 13.2 Å². The van der Waals surface area contributed by atoms with Crippen LogP contribution in [0.3, 0.4) is 0 Å². The van der Waals surface area contributed by atoms with Crippen molar-refractivity contribution in [3.63, 3.8) is 0 Å². The topological polar surface area (TPSA) is 35.2 Å². The molecule has 0 radical (unpaired) electrons. The molecule has 17 heavy (non-hydrogen) atoms. The van der Waals surface area contributed by atoms with E-state index in [0.717, 1.165) is 0 Å². The van der Waals surface area contributed by atoms with E-state index in [1.165, 1.54) is 19.2 Å². The molecular formula is C12H14F3NO. The Balaban J connectivity index is 2.52. The molecular weight excluding hydrogens is 231 g/mol. The molecule has 0 saturated heterocycles. The Hall–Kier alpha value is -1.23. The van der Waals surface area contributed by atoms with Gasteiger partial charge in [0, 0.05) is 0 Å². The van der Waals surface area contributed by atoms with Crippen LogP contribution in [-0.2, 0) is 12.0 Å². The van der Waals surface area contributed by atoms with E-state index in [2.05, 4.69) is 0 Å². The fraction of sp³-hybridized carbons (Fsp3) is 0.500. The van der Waals surface area contributed by atoms with E-state index in [0.29, 0.717) is 24.2 Å². The van der Waals surface area contributed by atoms with Gasteiger partial charge < -0.3 is 10.5 Å². The van der Waals surface area contributed by atoms with Crippen LogP contribution in [0.1, 0.15) is 24.0 Å². The maximum atomic E-state index is 13.0. The minimum atomic E-state index is -4.42. The zero-order valence-corrected chi connectivity index (χ0v) is 9.47. The van der Waals surface area contributed by atoms with Crippen molar-refractivity contribution < 1.29 is 17.9 Å². The first kappa shape index (κ1) is 12.2. The van der Waals surface area contributed by atoms with Crippen LogP contribution >= 0.6 is 0 Å². The lowest BCUT2D eigenvalue weighted by Crippen LogP contribution is -2.52. The molecule has 5 heteroatoms. The maximum absolute atomic E-state index is 13.0. The number of hydrogen-bond donors (Lipinski definition) is 1. The zero-order chi connectivity index (χ0) is 12.7. The summed E-state index contributed by atoms with van der Waals surface area (Å²) >= 11 is 0. The van der Waals surface area contributed by atoms with E-state index in [-0.39, 0.29) is 12.0 Å². The molecule has 1 atom stereocenters. The van der Waals surface area contributed by atoms with Gasteiger partial charge in [-0.1, -0.05) is 6.07 Å². The smallest absolute Gasteiger partial charge is 0.410 e. The molecule has 1 aromatic carbocycles. The van der Waals surface area contributed by atoms with E-state index in [9.17, 15) is 13.2 Å². The van der Waals surface area contributed by atoms with Gasteiger partial charge in [-0.05, 0) is 42.5 Å². The van der Waals surface area contributed by atoms with E-state index in [1.807, 2.05) is 0 Å². The molecule has 1 aromatic rings. The summed E-state index contributed by atoms with van der Waals surface area (Å²) in [6.07, 6.45) is -3.43. The van der Waals surface area contributed by atoms with Crippen LogP contribution in [0.15, 0.2) is 18.2 Å². The lowest BCUT2D eigenvalue weighted by atomic mass is 9.76. The highest BCUT2D eigenvalue weighted by Crippen LogP contribution is 2.45. The summed E-state index contributed by atoms with van der Waals surface area (Å²) in [6.45, 7) is 0. The number of ether oxygens (including phenoxy) is 1. The number of halogens is 3. The van der Waals surface area contributed by atoms with Gasteiger partial charge in [0.1, 0.15) is 11.3 Å². The minimum Gasteiger partial charge on any atom is -0.497 e. The van der Waals surface area contributed by atoms with E-state index >= 15 is 0 Å². The Labute approximate surface area is 97.6 Å². The molecule has 94 valence electrons. The summed E-state index contributed by atoms with van der Waals surface area (Å²) in [7, 11) is 1.49. The van der Waals surface area contributed by atoms with Crippen molar-refractivity contribution >= 4 is 0 Å². The highest BCUT2D eigenvalue weighted by Gasteiger charge is 2.54. The van der Waals surface area contributed by atoms with Crippen molar-refractivity contribution in [1.82, 2.24) is 0 Å². The quantitative estimate of drug-likeness (QED) is 0.825. The summed E-state index contributed by atoms with van der Waals surface area (Å²) in [5, 5.41) is 0. The molecule has 1 aliphatic rings. The minimum absolute atomic E-state index is 0.0597. The summed E-state index contributed by atoms with van der Waals surface area (Å²) in [4.78, 5) is 0. The fourth-order valence-electron chi connectivity index (χ4n) is 2.33. The average Bonchev–Trinajstić information content (AvgIpc) is 2.27. The van der Waals surface area contributed by atoms with Gasteiger partial charge in [0.05, 0.1) is 7.11 Å². The summed E-state index contributed by atoms with van der Waals surface area (Å²) in [6, 6.07) is 4.60. The monoisotopic (exact) mass is 245 g/mol. The number of aryl methyl sites for hydroxylation is 1. The number of rotatable bonds is 1. The second-order valence-electron chi connectivity index (χ2n) is 4.35. The highest BCUT2D eigenvalue weighted by atomic mass is 19.4.